The molecule has 2 fully saturated rings. The average Bonchev–Trinajstić information content (AvgIpc) is 3.05. The number of amides is 1. The molecule has 5 nitrogen and oxygen atoms in total. The number of ether oxygens (including phenoxy) is 1. The minimum absolute atomic E-state index is 0. The Morgan fingerprint density at radius 3 is 2.33 bits per heavy atom. The maximum Gasteiger partial charge on any atom is 0.255 e. The summed E-state index contributed by atoms with van der Waals surface area (Å²) in [5.41, 5.74) is 2.27. The maximum absolute atomic E-state index is 13.3. The minimum atomic E-state index is -0.162. The molecule has 2 heterocycles. The molecule has 1 N–H and O–H groups in total. The van der Waals surface area contributed by atoms with Crippen LogP contribution in [0.5, 0.6) is 5.75 Å². The molecule has 0 radical (unpaired) electrons. The highest BCUT2D eigenvalue weighted by molar-refractivity contribution is 6.05. The average molecular weight is 462 g/mol. The molecule has 2 saturated heterocycles. The quantitative estimate of drug-likeness (QED) is 0.576. The summed E-state index contributed by atoms with van der Waals surface area (Å²) in [6, 6.07) is 23.2. The van der Waals surface area contributed by atoms with Crippen molar-refractivity contribution in [3.8, 4) is 11.8 Å². The number of hydrogen-bond donors (Lipinski definition) is 1. The summed E-state index contributed by atoms with van der Waals surface area (Å²) in [5, 5.41) is 14.5. The Balaban J connectivity index is 0.00000259. The van der Waals surface area contributed by atoms with Crippen LogP contribution in [0.2, 0.25) is 0 Å². The SMILES string of the molecule is COc1c(C(=O)NC2CC3CCC(C2)N3Cc2ccccc2)cc(C#N)c2ccccc12.Cl. The summed E-state index contributed by atoms with van der Waals surface area (Å²) >= 11 is 0. The van der Waals surface area contributed by atoms with E-state index in [0.29, 0.717) is 29.0 Å². The van der Waals surface area contributed by atoms with Crippen molar-refractivity contribution in [1.29, 1.82) is 5.26 Å². The summed E-state index contributed by atoms with van der Waals surface area (Å²) in [5.74, 6) is 0.367. The van der Waals surface area contributed by atoms with Gasteiger partial charge in [-0.05, 0) is 37.3 Å². The zero-order valence-electron chi connectivity index (χ0n) is 18.7. The van der Waals surface area contributed by atoms with E-state index in [0.717, 1.165) is 30.2 Å². The van der Waals surface area contributed by atoms with Crippen molar-refractivity contribution < 1.29 is 9.53 Å². The molecule has 5 rings (SSSR count). The maximum atomic E-state index is 13.3. The van der Waals surface area contributed by atoms with Crippen molar-refractivity contribution >= 4 is 29.1 Å². The van der Waals surface area contributed by atoms with Gasteiger partial charge >= 0.3 is 0 Å². The fraction of sp³-hybridized carbons (Fsp3) is 0.333. The monoisotopic (exact) mass is 461 g/mol. The Kier molecular flexibility index (Phi) is 6.88. The molecule has 2 bridgehead atoms. The molecular weight excluding hydrogens is 434 g/mol. The van der Waals surface area contributed by atoms with Crippen molar-refractivity contribution in [3.63, 3.8) is 0 Å². The first kappa shape index (κ1) is 23.1. The van der Waals surface area contributed by atoms with Crippen LogP contribution in [0.25, 0.3) is 10.8 Å². The number of halogens is 1. The molecule has 1 amide bonds. The summed E-state index contributed by atoms with van der Waals surface area (Å²) in [7, 11) is 1.58. The van der Waals surface area contributed by atoms with Crippen molar-refractivity contribution in [3.05, 3.63) is 77.4 Å². The van der Waals surface area contributed by atoms with E-state index in [1.54, 1.807) is 13.2 Å². The molecule has 3 aromatic carbocycles. The van der Waals surface area contributed by atoms with Gasteiger partial charge in [0.1, 0.15) is 5.75 Å². The number of piperidine rings is 1. The molecule has 0 aromatic heterocycles. The molecule has 2 aliphatic rings. The molecule has 170 valence electrons. The van der Waals surface area contributed by atoms with Crippen molar-refractivity contribution in [2.45, 2.75) is 50.4 Å². The van der Waals surface area contributed by atoms with Gasteiger partial charge in [-0.25, -0.2) is 0 Å². The van der Waals surface area contributed by atoms with Crippen LogP contribution in [0.15, 0.2) is 60.7 Å². The second-order valence-electron chi connectivity index (χ2n) is 8.85. The van der Waals surface area contributed by atoms with Gasteiger partial charge in [0.2, 0.25) is 0 Å². The zero-order valence-corrected chi connectivity index (χ0v) is 19.5. The highest BCUT2D eigenvalue weighted by atomic mass is 35.5. The van der Waals surface area contributed by atoms with Gasteiger partial charge < -0.3 is 10.1 Å². The molecule has 3 aromatic rings. The van der Waals surface area contributed by atoms with E-state index in [-0.39, 0.29) is 24.4 Å². The Bertz CT molecular complexity index is 1180. The van der Waals surface area contributed by atoms with Gasteiger partial charge in [0, 0.05) is 35.4 Å². The topological polar surface area (TPSA) is 65.4 Å². The van der Waals surface area contributed by atoms with Gasteiger partial charge in [-0.15, -0.1) is 12.4 Å². The number of rotatable bonds is 5. The van der Waals surface area contributed by atoms with E-state index < -0.39 is 0 Å². The minimum Gasteiger partial charge on any atom is -0.495 e. The van der Waals surface area contributed by atoms with E-state index >= 15 is 0 Å². The normalized spacial score (nSPS) is 21.8. The first-order valence-corrected chi connectivity index (χ1v) is 11.3. The number of benzene rings is 3. The van der Waals surface area contributed by atoms with Crippen molar-refractivity contribution in [2.75, 3.05) is 7.11 Å². The molecule has 2 atom stereocenters. The second-order valence-corrected chi connectivity index (χ2v) is 8.85. The second kappa shape index (κ2) is 9.82. The van der Waals surface area contributed by atoms with Crippen molar-refractivity contribution in [1.82, 2.24) is 10.2 Å². The van der Waals surface area contributed by atoms with Gasteiger partial charge in [0.15, 0.2) is 0 Å². The van der Waals surface area contributed by atoms with Crippen LogP contribution in [-0.2, 0) is 6.54 Å². The standard InChI is InChI=1S/C27H27N3O2.ClH/c1-32-26-24-10-6-5-9-23(24)19(16-28)13-25(26)27(31)29-20-14-21-11-12-22(15-20)30(21)17-18-7-3-2-4-8-18;/h2-10,13,20-22H,11-12,14-15,17H2,1H3,(H,29,31);1H. The third-order valence-electron chi connectivity index (χ3n) is 6.99. The molecule has 0 aliphatic carbocycles. The lowest BCUT2D eigenvalue weighted by molar-refractivity contribution is 0.0825. The van der Waals surface area contributed by atoms with Crippen LogP contribution in [0.1, 0.15) is 47.2 Å². The number of nitriles is 1. The summed E-state index contributed by atoms with van der Waals surface area (Å²) in [4.78, 5) is 15.9. The lowest BCUT2D eigenvalue weighted by Crippen LogP contribution is -2.50. The fourth-order valence-corrected chi connectivity index (χ4v) is 5.54. The van der Waals surface area contributed by atoms with Crippen LogP contribution in [0.4, 0.5) is 0 Å². The number of hydrogen-bond acceptors (Lipinski definition) is 4. The van der Waals surface area contributed by atoms with Crippen LogP contribution in [-0.4, -0.2) is 36.0 Å². The smallest absolute Gasteiger partial charge is 0.255 e. The van der Waals surface area contributed by atoms with Gasteiger partial charge in [-0.3, -0.25) is 9.69 Å². The predicted molar refractivity (Wildman–Crippen MR) is 132 cm³/mol. The molecule has 33 heavy (non-hydrogen) atoms. The molecule has 2 unspecified atom stereocenters. The van der Waals surface area contributed by atoms with Crippen LogP contribution >= 0.6 is 12.4 Å². The first-order chi connectivity index (χ1) is 15.7. The van der Waals surface area contributed by atoms with E-state index in [1.165, 1.54) is 18.4 Å². The largest absolute Gasteiger partial charge is 0.495 e. The first-order valence-electron chi connectivity index (χ1n) is 11.3. The Morgan fingerprint density at radius 2 is 1.70 bits per heavy atom. The van der Waals surface area contributed by atoms with Gasteiger partial charge in [0.05, 0.1) is 24.3 Å². The summed E-state index contributed by atoms with van der Waals surface area (Å²) in [6.07, 6.45) is 4.27. The number of methoxy groups -OCH3 is 1. The Labute approximate surface area is 200 Å². The lowest BCUT2D eigenvalue weighted by atomic mass is 9.95. The van der Waals surface area contributed by atoms with E-state index in [4.69, 9.17) is 4.74 Å². The van der Waals surface area contributed by atoms with E-state index in [9.17, 15) is 10.1 Å². The van der Waals surface area contributed by atoms with Crippen molar-refractivity contribution in [2.24, 2.45) is 0 Å². The number of nitrogens with one attached hydrogen (secondary N) is 1. The van der Waals surface area contributed by atoms with Crippen LogP contribution < -0.4 is 10.1 Å². The molecule has 0 spiro atoms. The third-order valence-corrected chi connectivity index (χ3v) is 6.99. The van der Waals surface area contributed by atoms with Crippen LogP contribution in [0.3, 0.4) is 0 Å². The zero-order chi connectivity index (χ0) is 22.1. The van der Waals surface area contributed by atoms with Crippen LogP contribution in [0, 0.1) is 11.3 Å². The van der Waals surface area contributed by atoms with E-state index in [1.807, 2.05) is 24.3 Å². The number of fused-ring (bicyclic) bond motifs is 3. The summed E-state index contributed by atoms with van der Waals surface area (Å²) < 4.78 is 5.63. The number of nitrogens with zero attached hydrogens (tertiary/aromatic N) is 2. The Hall–Kier alpha value is -3.07. The highest BCUT2D eigenvalue weighted by Crippen LogP contribution is 2.37. The van der Waals surface area contributed by atoms with Gasteiger partial charge in [0.25, 0.3) is 5.91 Å². The van der Waals surface area contributed by atoms with Gasteiger partial charge in [-0.2, -0.15) is 5.26 Å². The van der Waals surface area contributed by atoms with E-state index in [2.05, 4.69) is 46.6 Å². The molecule has 0 saturated carbocycles. The lowest BCUT2D eigenvalue weighted by Gasteiger charge is -2.39. The number of carbonyl (C=O) groups is 1. The van der Waals surface area contributed by atoms with Gasteiger partial charge in [-0.1, -0.05) is 54.6 Å². The molecule has 6 heteroatoms. The highest BCUT2D eigenvalue weighted by Gasteiger charge is 2.41. The fourth-order valence-electron chi connectivity index (χ4n) is 5.54. The molecule has 2 aliphatic heterocycles. The number of carbonyl (C=O) groups excluding carboxylic acids is 1. The predicted octanol–water partition coefficient (Wildman–Crippen LogP) is 5.07. The molecular formula is C27H28ClN3O2. The Morgan fingerprint density at radius 1 is 1.06 bits per heavy atom. The third kappa shape index (κ3) is 4.42. The summed E-state index contributed by atoms with van der Waals surface area (Å²) in [6.45, 7) is 0.973.